The first kappa shape index (κ1) is 23.8. The SMILES string of the molecule is O=S(=O)(N[C@H]1CC2CCC1C2)c1ccc2c(c1)/C(=N\O)c1cc(S(=O)(=O)N[C@@H]3C[C@H]4CC[C@@H]3C4)ccc1-2. The summed E-state index contributed by atoms with van der Waals surface area (Å²) in [6.45, 7) is 0. The number of nitrogens with zero attached hydrogens (tertiary/aromatic N) is 1. The number of benzene rings is 2. The molecule has 4 saturated carbocycles. The van der Waals surface area contributed by atoms with Crippen molar-refractivity contribution in [1.82, 2.24) is 9.44 Å². The van der Waals surface area contributed by atoms with Gasteiger partial charge in [-0.3, -0.25) is 0 Å². The van der Waals surface area contributed by atoms with Gasteiger partial charge in [0, 0.05) is 23.2 Å². The first-order chi connectivity index (χ1) is 17.7. The maximum Gasteiger partial charge on any atom is 0.240 e. The molecule has 3 N–H and O–H groups in total. The van der Waals surface area contributed by atoms with E-state index >= 15 is 0 Å². The molecule has 2 aromatic carbocycles. The number of nitrogens with one attached hydrogen (secondary N) is 2. The van der Waals surface area contributed by atoms with E-state index in [0.29, 0.717) is 45.9 Å². The standard InChI is InChI=1S/C27H31N3O5S2/c31-28-27-23-13-19(36(32,33)29-25-11-15-1-3-17(25)9-15)5-7-21(23)22-8-6-20(14-24(22)27)37(34,35)30-26-12-16-2-4-18(26)10-16/h5-8,13-18,25-26,29-31H,1-4,9-12H2/b28-27-/t15-,16?,17+,18?,25+,26-/m0/s1. The van der Waals surface area contributed by atoms with Crippen molar-refractivity contribution in [2.45, 2.75) is 73.2 Å². The summed E-state index contributed by atoms with van der Waals surface area (Å²) in [5.41, 5.74) is 2.56. The van der Waals surface area contributed by atoms with Crippen LogP contribution in [0.3, 0.4) is 0 Å². The Hall–Kier alpha value is -2.27. The fraction of sp³-hybridized carbons (Fsp3) is 0.519. The smallest absolute Gasteiger partial charge is 0.240 e. The quantitative estimate of drug-likeness (QED) is 0.323. The maximum absolute atomic E-state index is 13.2. The molecule has 0 heterocycles. The van der Waals surface area contributed by atoms with Crippen LogP contribution in [0, 0.1) is 23.7 Å². The zero-order valence-electron chi connectivity index (χ0n) is 20.4. The van der Waals surface area contributed by atoms with Crippen LogP contribution < -0.4 is 9.44 Å². The van der Waals surface area contributed by atoms with Gasteiger partial charge in [0.25, 0.3) is 0 Å². The van der Waals surface area contributed by atoms with E-state index < -0.39 is 20.0 Å². The largest absolute Gasteiger partial charge is 0.410 e. The van der Waals surface area contributed by atoms with Crippen molar-refractivity contribution in [2.24, 2.45) is 28.8 Å². The van der Waals surface area contributed by atoms with E-state index in [-0.39, 0.29) is 27.6 Å². The van der Waals surface area contributed by atoms with Gasteiger partial charge in [0.05, 0.1) is 9.79 Å². The topological polar surface area (TPSA) is 125 Å². The van der Waals surface area contributed by atoms with Gasteiger partial charge in [-0.25, -0.2) is 26.3 Å². The van der Waals surface area contributed by atoms with Crippen LogP contribution in [0.15, 0.2) is 51.3 Å². The monoisotopic (exact) mass is 541 g/mol. The van der Waals surface area contributed by atoms with Crippen molar-refractivity contribution in [2.75, 3.05) is 0 Å². The zero-order valence-corrected chi connectivity index (χ0v) is 22.1. The Kier molecular flexibility index (Phi) is 5.38. The van der Waals surface area contributed by atoms with E-state index in [4.69, 9.17) is 0 Å². The number of rotatable bonds is 6. The third-order valence-corrected chi connectivity index (χ3v) is 12.6. The Morgan fingerprint density at radius 2 is 1.11 bits per heavy atom. The Morgan fingerprint density at radius 3 is 1.46 bits per heavy atom. The average molecular weight is 542 g/mol. The predicted molar refractivity (Wildman–Crippen MR) is 138 cm³/mol. The number of sulfonamides is 2. The summed E-state index contributed by atoms with van der Waals surface area (Å²) in [6.07, 6.45) is 8.47. The number of oxime groups is 1. The molecule has 5 aliphatic carbocycles. The first-order valence-electron chi connectivity index (χ1n) is 13.3. The molecule has 0 aromatic heterocycles. The Balaban J connectivity index is 1.17. The Morgan fingerprint density at radius 1 is 0.649 bits per heavy atom. The molecule has 6 atom stereocenters. The molecule has 4 bridgehead atoms. The predicted octanol–water partition coefficient (Wildman–Crippen LogP) is 3.83. The van der Waals surface area contributed by atoms with Gasteiger partial charge in [-0.2, -0.15) is 0 Å². The molecule has 0 radical (unpaired) electrons. The summed E-state index contributed by atoms with van der Waals surface area (Å²) in [5.74, 6) is 2.04. The molecule has 0 aliphatic heterocycles. The van der Waals surface area contributed by atoms with Crippen molar-refractivity contribution in [3.63, 3.8) is 0 Å². The third-order valence-electron chi connectivity index (χ3n) is 9.59. The maximum atomic E-state index is 13.2. The van der Waals surface area contributed by atoms with Crippen LogP contribution in [0.25, 0.3) is 11.1 Å². The second kappa shape index (κ2) is 8.36. The molecule has 37 heavy (non-hydrogen) atoms. The molecule has 2 aromatic rings. The first-order valence-corrected chi connectivity index (χ1v) is 16.2. The lowest BCUT2D eigenvalue weighted by Gasteiger charge is -2.22. The molecule has 196 valence electrons. The molecule has 7 rings (SSSR count). The number of hydrogen-bond donors (Lipinski definition) is 3. The number of hydrogen-bond acceptors (Lipinski definition) is 6. The highest BCUT2D eigenvalue weighted by Crippen LogP contribution is 2.46. The van der Waals surface area contributed by atoms with E-state index in [0.717, 1.165) is 38.5 Å². The van der Waals surface area contributed by atoms with Gasteiger partial charge in [-0.15, -0.1) is 0 Å². The normalized spacial score (nSPS) is 32.8. The molecule has 8 nitrogen and oxygen atoms in total. The van der Waals surface area contributed by atoms with Crippen molar-refractivity contribution < 1.29 is 22.0 Å². The Labute approximate surface area is 217 Å². The highest BCUT2D eigenvalue weighted by molar-refractivity contribution is 7.89. The van der Waals surface area contributed by atoms with Crippen molar-refractivity contribution in [1.29, 1.82) is 0 Å². The van der Waals surface area contributed by atoms with Gasteiger partial charge in [0.2, 0.25) is 20.0 Å². The van der Waals surface area contributed by atoms with Gasteiger partial charge < -0.3 is 5.21 Å². The van der Waals surface area contributed by atoms with Crippen LogP contribution in [0.1, 0.15) is 62.5 Å². The second-order valence-electron chi connectivity index (χ2n) is 11.7. The summed E-state index contributed by atoms with van der Waals surface area (Å²) in [6, 6.07) is 9.56. The molecule has 2 unspecified atom stereocenters. The van der Waals surface area contributed by atoms with Crippen molar-refractivity contribution >= 4 is 25.8 Å². The summed E-state index contributed by atoms with van der Waals surface area (Å²) < 4.78 is 58.8. The fourth-order valence-corrected chi connectivity index (χ4v) is 10.5. The average Bonchev–Trinajstić information content (AvgIpc) is 3.69. The number of fused-ring (bicyclic) bond motifs is 7. The lowest BCUT2D eigenvalue weighted by Crippen LogP contribution is -2.38. The highest BCUT2D eigenvalue weighted by atomic mass is 32.2. The minimum absolute atomic E-state index is 0.0319. The van der Waals surface area contributed by atoms with Crippen LogP contribution in [0.2, 0.25) is 0 Å². The highest BCUT2D eigenvalue weighted by Gasteiger charge is 2.43. The van der Waals surface area contributed by atoms with Gasteiger partial charge >= 0.3 is 0 Å². The molecule has 4 fully saturated rings. The van der Waals surface area contributed by atoms with Crippen LogP contribution >= 0.6 is 0 Å². The summed E-state index contributed by atoms with van der Waals surface area (Å²) >= 11 is 0. The fourth-order valence-electron chi connectivity index (χ4n) is 7.81. The van der Waals surface area contributed by atoms with Gasteiger partial charge in [0.1, 0.15) is 5.71 Å². The van der Waals surface area contributed by atoms with E-state index in [2.05, 4.69) is 14.6 Å². The summed E-state index contributed by atoms with van der Waals surface area (Å²) in [7, 11) is -7.50. The van der Waals surface area contributed by atoms with Crippen LogP contribution in [0.4, 0.5) is 0 Å². The third kappa shape index (κ3) is 3.87. The van der Waals surface area contributed by atoms with Crippen LogP contribution in [-0.4, -0.2) is 39.8 Å². The molecule has 10 heteroatoms. The van der Waals surface area contributed by atoms with Gasteiger partial charge in [0.15, 0.2) is 0 Å². The van der Waals surface area contributed by atoms with E-state index in [9.17, 15) is 22.0 Å². The van der Waals surface area contributed by atoms with Gasteiger partial charge in [-0.1, -0.05) is 30.1 Å². The minimum Gasteiger partial charge on any atom is -0.410 e. The summed E-state index contributed by atoms with van der Waals surface area (Å²) in [5, 5.41) is 13.4. The Bertz CT molecular complexity index is 1420. The van der Waals surface area contributed by atoms with E-state index in [1.54, 1.807) is 24.3 Å². The van der Waals surface area contributed by atoms with Crippen LogP contribution in [-0.2, 0) is 20.0 Å². The molecule has 5 aliphatic rings. The minimum atomic E-state index is -3.75. The summed E-state index contributed by atoms with van der Waals surface area (Å²) in [4.78, 5) is 0.238. The van der Waals surface area contributed by atoms with Crippen molar-refractivity contribution in [3.8, 4) is 11.1 Å². The molecule has 0 spiro atoms. The van der Waals surface area contributed by atoms with E-state index in [1.165, 1.54) is 25.0 Å². The van der Waals surface area contributed by atoms with E-state index in [1.807, 2.05) is 0 Å². The molecular formula is C27H31N3O5S2. The molecule has 0 saturated heterocycles. The second-order valence-corrected chi connectivity index (χ2v) is 15.1. The lowest BCUT2D eigenvalue weighted by molar-refractivity contribution is 0.320. The van der Waals surface area contributed by atoms with Crippen molar-refractivity contribution in [3.05, 3.63) is 47.5 Å². The zero-order chi connectivity index (χ0) is 25.5. The molecular weight excluding hydrogens is 510 g/mol. The molecule has 0 amide bonds. The van der Waals surface area contributed by atoms with Gasteiger partial charge in [-0.05, 0) is 97.6 Å². The lowest BCUT2D eigenvalue weighted by atomic mass is 9.96. The van der Waals surface area contributed by atoms with Crippen LogP contribution in [0.5, 0.6) is 0 Å².